The first-order chi connectivity index (χ1) is 13.2. The molecule has 0 fully saturated rings. The molecular formula is C19H19N5O3. The molecule has 0 spiro atoms. The first-order valence-corrected chi connectivity index (χ1v) is 8.49. The van der Waals surface area contributed by atoms with Crippen molar-refractivity contribution in [2.24, 2.45) is 0 Å². The van der Waals surface area contributed by atoms with Crippen LogP contribution in [0.2, 0.25) is 0 Å². The Morgan fingerprint density at radius 3 is 2.63 bits per heavy atom. The Balaban J connectivity index is 1.59. The Hall–Kier alpha value is -3.55. The van der Waals surface area contributed by atoms with Crippen LogP contribution >= 0.6 is 0 Å². The highest BCUT2D eigenvalue weighted by atomic mass is 16.5. The van der Waals surface area contributed by atoms with Gasteiger partial charge in [-0.1, -0.05) is 36.4 Å². The molecule has 1 aromatic heterocycles. The zero-order valence-electron chi connectivity index (χ0n) is 14.9. The minimum atomic E-state index is -0.575. The zero-order chi connectivity index (χ0) is 19.1. The lowest BCUT2D eigenvalue weighted by Gasteiger charge is -2.20. The minimum Gasteiger partial charge on any atom is -0.452 e. The second-order valence-electron chi connectivity index (χ2n) is 5.77. The summed E-state index contributed by atoms with van der Waals surface area (Å²) in [5.74, 6) is -0.819. The van der Waals surface area contributed by atoms with E-state index in [0.29, 0.717) is 24.3 Å². The summed E-state index contributed by atoms with van der Waals surface area (Å²) < 4.78 is 6.62. The number of likely N-dealkylation sites (N-methyl/N-ethyl adjacent to an activating group) is 1. The first kappa shape index (κ1) is 18.2. The van der Waals surface area contributed by atoms with E-state index in [0.717, 1.165) is 5.56 Å². The highest BCUT2D eigenvalue weighted by molar-refractivity contribution is 5.91. The summed E-state index contributed by atoms with van der Waals surface area (Å²) in [5, 5.41) is 10.9. The van der Waals surface area contributed by atoms with E-state index in [-0.39, 0.29) is 12.5 Å². The highest BCUT2D eigenvalue weighted by Crippen LogP contribution is 2.10. The maximum Gasteiger partial charge on any atom is 0.338 e. The van der Waals surface area contributed by atoms with E-state index < -0.39 is 5.97 Å². The van der Waals surface area contributed by atoms with E-state index in [2.05, 4.69) is 15.5 Å². The number of rotatable bonds is 7. The van der Waals surface area contributed by atoms with E-state index >= 15 is 0 Å². The van der Waals surface area contributed by atoms with Crippen molar-refractivity contribution >= 4 is 11.9 Å². The van der Waals surface area contributed by atoms with Crippen LogP contribution in [0, 0.1) is 0 Å². The van der Waals surface area contributed by atoms with Crippen LogP contribution in [0.25, 0.3) is 5.69 Å². The highest BCUT2D eigenvalue weighted by Gasteiger charge is 2.16. The van der Waals surface area contributed by atoms with Crippen molar-refractivity contribution < 1.29 is 14.3 Å². The van der Waals surface area contributed by atoms with Gasteiger partial charge in [-0.3, -0.25) is 4.79 Å². The minimum absolute atomic E-state index is 0.244. The first-order valence-electron chi connectivity index (χ1n) is 8.49. The van der Waals surface area contributed by atoms with Crippen molar-refractivity contribution in [2.45, 2.75) is 13.5 Å². The average Bonchev–Trinajstić information content (AvgIpc) is 3.26. The predicted molar refractivity (Wildman–Crippen MR) is 97.0 cm³/mol. The summed E-state index contributed by atoms with van der Waals surface area (Å²) in [6.45, 7) is 2.58. The maximum absolute atomic E-state index is 12.4. The smallest absolute Gasteiger partial charge is 0.338 e. The molecule has 0 aliphatic heterocycles. The third-order valence-electron chi connectivity index (χ3n) is 3.97. The summed E-state index contributed by atoms with van der Waals surface area (Å²) in [6, 6.07) is 16.3. The number of aromatic nitrogens is 4. The van der Waals surface area contributed by atoms with Gasteiger partial charge in [0.15, 0.2) is 6.61 Å². The summed E-state index contributed by atoms with van der Waals surface area (Å²) >= 11 is 0. The quantitative estimate of drug-likeness (QED) is 0.594. The SMILES string of the molecule is CCN(Cc1ccccc1)C(=O)COC(=O)c1cccc(-n2cnnn2)c1. The Morgan fingerprint density at radius 1 is 1.11 bits per heavy atom. The Morgan fingerprint density at radius 2 is 1.93 bits per heavy atom. The van der Waals surface area contributed by atoms with Crippen LogP contribution < -0.4 is 0 Å². The fourth-order valence-electron chi connectivity index (χ4n) is 2.54. The maximum atomic E-state index is 12.4. The number of carbonyl (C=O) groups excluding carboxylic acids is 2. The molecule has 0 saturated carbocycles. The monoisotopic (exact) mass is 365 g/mol. The molecule has 2 aromatic carbocycles. The van der Waals surface area contributed by atoms with Crippen LogP contribution in [0.3, 0.4) is 0 Å². The molecule has 1 heterocycles. The molecule has 0 saturated heterocycles. The van der Waals surface area contributed by atoms with Gasteiger partial charge in [-0.05, 0) is 41.1 Å². The lowest BCUT2D eigenvalue weighted by Crippen LogP contribution is -2.34. The fraction of sp³-hybridized carbons (Fsp3) is 0.211. The van der Waals surface area contributed by atoms with Crippen LogP contribution in [0.4, 0.5) is 0 Å². The van der Waals surface area contributed by atoms with Crippen LogP contribution in [0.5, 0.6) is 0 Å². The number of amides is 1. The predicted octanol–water partition coefficient (Wildman–Crippen LogP) is 1.87. The van der Waals surface area contributed by atoms with Crippen molar-refractivity contribution in [3.8, 4) is 5.69 Å². The molecule has 3 rings (SSSR count). The van der Waals surface area contributed by atoms with Crippen molar-refractivity contribution in [3.63, 3.8) is 0 Å². The molecule has 0 aliphatic rings. The van der Waals surface area contributed by atoms with Gasteiger partial charge in [0.2, 0.25) is 0 Å². The van der Waals surface area contributed by atoms with Gasteiger partial charge in [-0.15, -0.1) is 5.10 Å². The molecule has 8 nitrogen and oxygen atoms in total. The molecule has 0 radical (unpaired) electrons. The van der Waals surface area contributed by atoms with E-state index in [4.69, 9.17) is 4.74 Å². The summed E-state index contributed by atoms with van der Waals surface area (Å²) in [4.78, 5) is 26.3. The lowest BCUT2D eigenvalue weighted by atomic mass is 10.2. The molecule has 27 heavy (non-hydrogen) atoms. The molecule has 0 bridgehead atoms. The fourth-order valence-corrected chi connectivity index (χ4v) is 2.54. The summed E-state index contributed by atoms with van der Waals surface area (Å²) in [5.41, 5.74) is 1.97. The molecule has 8 heteroatoms. The topological polar surface area (TPSA) is 90.2 Å². The summed E-state index contributed by atoms with van der Waals surface area (Å²) in [6.07, 6.45) is 1.43. The second-order valence-corrected chi connectivity index (χ2v) is 5.77. The average molecular weight is 365 g/mol. The number of ether oxygens (including phenoxy) is 1. The third kappa shape index (κ3) is 4.75. The van der Waals surface area contributed by atoms with E-state index in [1.54, 1.807) is 29.2 Å². The van der Waals surface area contributed by atoms with Gasteiger partial charge in [0.1, 0.15) is 6.33 Å². The second kappa shape index (κ2) is 8.70. The van der Waals surface area contributed by atoms with E-state index in [1.807, 2.05) is 37.3 Å². The third-order valence-corrected chi connectivity index (χ3v) is 3.97. The molecule has 0 N–H and O–H groups in total. The number of esters is 1. The van der Waals surface area contributed by atoms with Crippen molar-refractivity contribution in [1.29, 1.82) is 0 Å². The molecule has 0 unspecified atom stereocenters. The van der Waals surface area contributed by atoms with Gasteiger partial charge in [-0.2, -0.15) is 0 Å². The van der Waals surface area contributed by atoms with Crippen molar-refractivity contribution in [2.75, 3.05) is 13.2 Å². The lowest BCUT2D eigenvalue weighted by molar-refractivity contribution is -0.134. The van der Waals surface area contributed by atoms with Gasteiger partial charge in [0.05, 0.1) is 11.3 Å². The Kier molecular flexibility index (Phi) is 5.88. The number of carbonyl (C=O) groups is 2. The van der Waals surface area contributed by atoms with Crippen LogP contribution in [-0.4, -0.2) is 50.1 Å². The molecule has 0 aliphatic carbocycles. The van der Waals surface area contributed by atoms with Gasteiger partial charge >= 0.3 is 5.97 Å². The molecule has 0 atom stereocenters. The molecular weight excluding hydrogens is 346 g/mol. The molecule has 138 valence electrons. The van der Waals surface area contributed by atoms with Crippen molar-refractivity contribution in [3.05, 3.63) is 72.1 Å². The van der Waals surface area contributed by atoms with Gasteiger partial charge < -0.3 is 9.64 Å². The number of benzene rings is 2. The van der Waals surface area contributed by atoms with Crippen molar-refractivity contribution in [1.82, 2.24) is 25.1 Å². The van der Waals surface area contributed by atoms with Crippen LogP contribution in [0.1, 0.15) is 22.8 Å². The number of tetrazole rings is 1. The van der Waals surface area contributed by atoms with Gasteiger partial charge in [0, 0.05) is 13.1 Å². The molecule has 3 aromatic rings. The van der Waals surface area contributed by atoms with Gasteiger partial charge in [0.25, 0.3) is 5.91 Å². The van der Waals surface area contributed by atoms with Crippen LogP contribution in [-0.2, 0) is 16.1 Å². The largest absolute Gasteiger partial charge is 0.452 e. The van der Waals surface area contributed by atoms with E-state index in [1.165, 1.54) is 11.0 Å². The number of hydrogen-bond acceptors (Lipinski definition) is 6. The van der Waals surface area contributed by atoms with Gasteiger partial charge in [-0.25, -0.2) is 9.48 Å². The Labute approximate surface area is 156 Å². The van der Waals surface area contributed by atoms with E-state index in [9.17, 15) is 9.59 Å². The summed E-state index contributed by atoms with van der Waals surface area (Å²) in [7, 11) is 0. The van der Waals surface area contributed by atoms with Crippen LogP contribution in [0.15, 0.2) is 60.9 Å². The Bertz CT molecular complexity index is 897. The standard InChI is InChI=1S/C19H19N5O3/c1-2-23(12-15-7-4-3-5-8-15)18(25)13-27-19(26)16-9-6-10-17(11-16)24-14-20-21-22-24/h3-11,14H,2,12-13H2,1H3. The zero-order valence-corrected chi connectivity index (χ0v) is 14.9. The number of nitrogens with zero attached hydrogens (tertiary/aromatic N) is 5. The normalized spacial score (nSPS) is 10.4. The molecule has 1 amide bonds. The number of hydrogen-bond donors (Lipinski definition) is 0.